The Hall–Kier alpha value is -1.78. The second-order valence-corrected chi connectivity index (χ2v) is 6.85. The van der Waals surface area contributed by atoms with Crippen molar-refractivity contribution in [1.29, 1.82) is 0 Å². The Balaban J connectivity index is 1.57. The van der Waals surface area contributed by atoms with E-state index in [4.69, 9.17) is 25.8 Å². The van der Waals surface area contributed by atoms with Crippen molar-refractivity contribution in [1.82, 2.24) is 15.6 Å². The maximum Gasteiger partial charge on any atom is 0.417 e. The number of aromatic nitrogens is 1. The summed E-state index contributed by atoms with van der Waals surface area (Å²) in [5.41, 5.74) is -0.918. The molecule has 2 N–H and O–H groups in total. The van der Waals surface area contributed by atoms with Crippen molar-refractivity contribution < 1.29 is 27.4 Å². The largest absolute Gasteiger partial charge is 0.475 e. The quantitative estimate of drug-likeness (QED) is 0.332. The van der Waals surface area contributed by atoms with Crippen LogP contribution in [0.15, 0.2) is 17.3 Å². The highest BCUT2D eigenvalue weighted by Crippen LogP contribution is 2.32. The SMILES string of the molecule is CN=C(NCCCOCC1CCOC1)NCCOc1ncc(C(F)(F)F)cc1Cl. The Labute approximate surface area is 173 Å². The first kappa shape index (κ1) is 23.5. The molecule has 1 fully saturated rings. The predicted molar refractivity (Wildman–Crippen MR) is 103 cm³/mol. The van der Waals surface area contributed by atoms with Crippen molar-refractivity contribution in [2.45, 2.75) is 19.0 Å². The van der Waals surface area contributed by atoms with Crippen LogP contribution in [-0.2, 0) is 15.7 Å². The number of nitrogens with one attached hydrogen (secondary N) is 2. The maximum atomic E-state index is 12.6. The highest BCUT2D eigenvalue weighted by molar-refractivity contribution is 6.31. The van der Waals surface area contributed by atoms with Gasteiger partial charge in [-0.05, 0) is 18.9 Å². The molecule has 1 atom stereocenters. The van der Waals surface area contributed by atoms with Gasteiger partial charge in [0, 0.05) is 38.9 Å². The number of rotatable bonds is 10. The van der Waals surface area contributed by atoms with E-state index in [0.717, 1.165) is 38.7 Å². The molecule has 1 aromatic heterocycles. The third-order valence-corrected chi connectivity index (χ3v) is 4.40. The zero-order valence-electron chi connectivity index (χ0n) is 16.2. The van der Waals surface area contributed by atoms with E-state index in [2.05, 4.69) is 20.6 Å². The van der Waals surface area contributed by atoms with E-state index >= 15 is 0 Å². The van der Waals surface area contributed by atoms with E-state index in [0.29, 0.717) is 37.8 Å². The van der Waals surface area contributed by atoms with Crippen LogP contribution in [0, 0.1) is 5.92 Å². The molecule has 0 aliphatic carbocycles. The molecule has 1 aliphatic rings. The van der Waals surface area contributed by atoms with Crippen LogP contribution < -0.4 is 15.4 Å². The summed E-state index contributed by atoms with van der Waals surface area (Å²) in [7, 11) is 1.64. The second kappa shape index (κ2) is 12.0. The van der Waals surface area contributed by atoms with Gasteiger partial charge in [-0.15, -0.1) is 0 Å². The van der Waals surface area contributed by atoms with Crippen molar-refractivity contribution in [2.75, 3.05) is 53.2 Å². The summed E-state index contributed by atoms with van der Waals surface area (Å²) in [6, 6.07) is 0.791. The van der Waals surface area contributed by atoms with Crippen LogP contribution in [0.3, 0.4) is 0 Å². The Bertz CT molecular complexity index is 656. The van der Waals surface area contributed by atoms with Gasteiger partial charge in [-0.2, -0.15) is 13.2 Å². The first-order chi connectivity index (χ1) is 13.9. The monoisotopic (exact) mass is 438 g/mol. The fraction of sp³-hybridized carbons (Fsp3) is 0.667. The molecule has 0 aromatic carbocycles. The molecule has 0 saturated carbocycles. The van der Waals surface area contributed by atoms with Crippen molar-refractivity contribution in [3.05, 3.63) is 22.8 Å². The number of hydrogen-bond acceptors (Lipinski definition) is 5. The lowest BCUT2D eigenvalue weighted by Gasteiger charge is -2.13. The number of halogens is 4. The van der Waals surface area contributed by atoms with Gasteiger partial charge in [-0.1, -0.05) is 11.6 Å². The van der Waals surface area contributed by atoms with Crippen LogP contribution in [-0.4, -0.2) is 64.1 Å². The smallest absolute Gasteiger partial charge is 0.417 e. The van der Waals surface area contributed by atoms with E-state index in [1.54, 1.807) is 7.05 Å². The highest BCUT2D eigenvalue weighted by atomic mass is 35.5. The van der Waals surface area contributed by atoms with Gasteiger partial charge in [0.2, 0.25) is 5.88 Å². The van der Waals surface area contributed by atoms with Crippen LogP contribution in [0.2, 0.25) is 5.02 Å². The van der Waals surface area contributed by atoms with Crippen molar-refractivity contribution in [2.24, 2.45) is 10.9 Å². The van der Waals surface area contributed by atoms with Crippen LogP contribution in [0.5, 0.6) is 5.88 Å². The summed E-state index contributed by atoms with van der Waals surface area (Å²) in [4.78, 5) is 7.70. The summed E-state index contributed by atoms with van der Waals surface area (Å²) in [6.45, 7) is 4.20. The van der Waals surface area contributed by atoms with Gasteiger partial charge in [-0.3, -0.25) is 4.99 Å². The van der Waals surface area contributed by atoms with E-state index < -0.39 is 11.7 Å². The summed E-state index contributed by atoms with van der Waals surface area (Å²) in [5.74, 6) is 1.04. The zero-order chi connectivity index (χ0) is 21.1. The third kappa shape index (κ3) is 8.63. The highest BCUT2D eigenvalue weighted by Gasteiger charge is 2.31. The van der Waals surface area contributed by atoms with E-state index in [1.807, 2.05) is 0 Å². The van der Waals surface area contributed by atoms with Gasteiger partial charge in [0.05, 0.1) is 25.3 Å². The van der Waals surface area contributed by atoms with E-state index in [9.17, 15) is 13.2 Å². The van der Waals surface area contributed by atoms with Gasteiger partial charge in [0.1, 0.15) is 11.6 Å². The predicted octanol–water partition coefficient (Wildman–Crippen LogP) is 2.74. The molecule has 0 amide bonds. The summed E-state index contributed by atoms with van der Waals surface area (Å²) in [5, 5.41) is 5.99. The zero-order valence-corrected chi connectivity index (χ0v) is 17.0. The topological polar surface area (TPSA) is 77.0 Å². The van der Waals surface area contributed by atoms with Crippen molar-refractivity contribution >= 4 is 17.6 Å². The van der Waals surface area contributed by atoms with Gasteiger partial charge in [-0.25, -0.2) is 4.98 Å². The second-order valence-electron chi connectivity index (χ2n) is 6.44. The molecule has 2 heterocycles. The molecular weight excluding hydrogens is 413 g/mol. The van der Waals surface area contributed by atoms with Gasteiger partial charge in [0.15, 0.2) is 5.96 Å². The van der Waals surface area contributed by atoms with Crippen LogP contribution in [0.4, 0.5) is 13.2 Å². The first-order valence-electron chi connectivity index (χ1n) is 9.35. The minimum absolute atomic E-state index is 0.0470. The summed E-state index contributed by atoms with van der Waals surface area (Å²) < 4.78 is 54.0. The number of pyridine rings is 1. The minimum atomic E-state index is -4.50. The molecule has 1 aliphatic heterocycles. The molecule has 11 heteroatoms. The normalized spacial score (nSPS) is 17.4. The van der Waals surface area contributed by atoms with E-state index in [-0.39, 0.29) is 17.5 Å². The van der Waals surface area contributed by atoms with Crippen LogP contribution in [0.25, 0.3) is 0 Å². The fourth-order valence-corrected chi connectivity index (χ4v) is 2.79. The number of hydrogen-bond donors (Lipinski definition) is 2. The molecule has 1 saturated heterocycles. The Kier molecular flexibility index (Phi) is 9.75. The average molecular weight is 439 g/mol. The molecule has 0 radical (unpaired) electrons. The fourth-order valence-electron chi connectivity index (χ4n) is 2.57. The number of guanidine groups is 1. The summed E-state index contributed by atoms with van der Waals surface area (Å²) >= 11 is 5.79. The molecule has 2 rings (SSSR count). The standard InChI is InChI=1S/C18H26ClF3N4O3/c1-23-17(24-4-2-6-27-11-13-3-7-28-12-13)25-5-8-29-16-15(19)9-14(10-26-16)18(20,21)22/h9-10,13H,2-8,11-12H2,1H3,(H2,23,24,25). The molecule has 0 bridgehead atoms. The molecule has 7 nitrogen and oxygen atoms in total. The molecule has 29 heavy (non-hydrogen) atoms. The molecule has 1 unspecified atom stereocenters. The Morgan fingerprint density at radius 1 is 1.34 bits per heavy atom. The first-order valence-corrected chi connectivity index (χ1v) is 9.73. The van der Waals surface area contributed by atoms with Crippen LogP contribution >= 0.6 is 11.6 Å². The van der Waals surface area contributed by atoms with Gasteiger partial charge < -0.3 is 24.8 Å². The lowest BCUT2D eigenvalue weighted by molar-refractivity contribution is -0.137. The maximum absolute atomic E-state index is 12.6. The lowest BCUT2D eigenvalue weighted by Crippen LogP contribution is -2.40. The van der Waals surface area contributed by atoms with Crippen molar-refractivity contribution in [3.63, 3.8) is 0 Å². The van der Waals surface area contributed by atoms with E-state index in [1.165, 1.54) is 0 Å². The van der Waals surface area contributed by atoms with Gasteiger partial charge in [0.25, 0.3) is 0 Å². The molecular formula is C18H26ClF3N4O3. The third-order valence-electron chi connectivity index (χ3n) is 4.13. The number of nitrogens with zero attached hydrogens (tertiary/aromatic N) is 2. The average Bonchev–Trinajstić information content (AvgIpc) is 3.19. The number of ether oxygens (including phenoxy) is 3. The number of aliphatic imine (C=N–C) groups is 1. The van der Waals surface area contributed by atoms with Crippen LogP contribution in [0.1, 0.15) is 18.4 Å². The minimum Gasteiger partial charge on any atom is -0.475 e. The molecule has 164 valence electrons. The lowest BCUT2D eigenvalue weighted by atomic mass is 10.1. The molecule has 1 aromatic rings. The number of alkyl halides is 3. The summed E-state index contributed by atoms with van der Waals surface area (Å²) in [6.07, 6.45) is -1.91. The Morgan fingerprint density at radius 3 is 2.79 bits per heavy atom. The van der Waals surface area contributed by atoms with Gasteiger partial charge >= 0.3 is 6.18 Å². The Morgan fingerprint density at radius 2 is 2.14 bits per heavy atom. The van der Waals surface area contributed by atoms with Crippen molar-refractivity contribution in [3.8, 4) is 5.88 Å². The molecule has 0 spiro atoms.